The zero-order chi connectivity index (χ0) is 15.3. The third-order valence-electron chi connectivity index (χ3n) is 3.19. The number of alkyl halides is 2. The van der Waals surface area contributed by atoms with E-state index in [9.17, 15) is 23.1 Å². The molecule has 2 atom stereocenters. The van der Waals surface area contributed by atoms with Crippen LogP contribution in [0.25, 0.3) is 0 Å². The summed E-state index contributed by atoms with van der Waals surface area (Å²) in [5, 5.41) is 10.5. The van der Waals surface area contributed by atoms with E-state index in [1.807, 2.05) is 0 Å². The van der Waals surface area contributed by atoms with Crippen molar-refractivity contribution in [3.63, 3.8) is 0 Å². The lowest BCUT2D eigenvalue weighted by Crippen LogP contribution is -2.44. The van der Waals surface area contributed by atoms with Crippen LogP contribution >= 0.6 is 0 Å². The maximum atomic E-state index is 13.2. The number of esters is 1. The highest BCUT2D eigenvalue weighted by molar-refractivity contribution is 5.74. The lowest BCUT2D eigenvalue weighted by atomic mass is 9.79. The molecule has 0 bridgehead atoms. The van der Waals surface area contributed by atoms with Gasteiger partial charge in [0.05, 0.1) is 6.61 Å². The van der Waals surface area contributed by atoms with Crippen LogP contribution in [0.3, 0.4) is 0 Å². The van der Waals surface area contributed by atoms with Gasteiger partial charge in [-0.05, 0) is 31.0 Å². The maximum absolute atomic E-state index is 13.2. The van der Waals surface area contributed by atoms with Crippen LogP contribution < -0.4 is 0 Å². The summed E-state index contributed by atoms with van der Waals surface area (Å²) in [4.78, 5) is 11.7. The van der Waals surface area contributed by atoms with Gasteiger partial charge in [-0.1, -0.05) is 19.1 Å². The predicted molar refractivity (Wildman–Crippen MR) is 66.7 cm³/mol. The van der Waals surface area contributed by atoms with Crippen molar-refractivity contribution in [3.8, 4) is 0 Å². The highest BCUT2D eigenvalue weighted by Crippen LogP contribution is 2.37. The predicted octanol–water partition coefficient (Wildman–Crippen LogP) is 2.87. The molecular formula is C14H17F3O3. The number of hydrogen-bond acceptors (Lipinski definition) is 3. The molecule has 1 rings (SSSR count). The monoisotopic (exact) mass is 290 g/mol. The molecule has 0 aliphatic rings. The molecule has 0 radical (unpaired) electrons. The van der Waals surface area contributed by atoms with Gasteiger partial charge in [0.2, 0.25) is 0 Å². The first-order chi connectivity index (χ1) is 9.36. The van der Waals surface area contributed by atoms with Gasteiger partial charge in [0, 0.05) is 0 Å². The van der Waals surface area contributed by atoms with E-state index in [1.165, 1.54) is 26.0 Å². The summed E-state index contributed by atoms with van der Waals surface area (Å²) in [5.74, 6) is -3.74. The smallest absolute Gasteiger partial charge is 0.318 e. The standard InChI is InChI=1S/C14H17F3O3/c1-3-14(19,9-5-7-10(15)8-6-9)11(12(16)17)13(18)20-4-2/h5-8,11-12,19H,3-4H2,1-2H3. The largest absolute Gasteiger partial charge is 0.466 e. The number of aliphatic hydroxyl groups is 1. The van der Waals surface area contributed by atoms with E-state index in [0.29, 0.717) is 0 Å². The first-order valence-electron chi connectivity index (χ1n) is 6.30. The SMILES string of the molecule is CCOC(=O)C(C(F)F)C(O)(CC)c1ccc(F)cc1. The van der Waals surface area contributed by atoms with Gasteiger partial charge in [0.1, 0.15) is 11.4 Å². The minimum absolute atomic E-state index is 0.0553. The van der Waals surface area contributed by atoms with Crippen molar-refractivity contribution >= 4 is 5.97 Å². The Morgan fingerprint density at radius 3 is 2.25 bits per heavy atom. The summed E-state index contributed by atoms with van der Waals surface area (Å²) in [5.41, 5.74) is -2.05. The zero-order valence-electron chi connectivity index (χ0n) is 11.3. The third kappa shape index (κ3) is 3.30. The number of ether oxygens (including phenoxy) is 1. The van der Waals surface area contributed by atoms with Crippen LogP contribution in [-0.2, 0) is 15.1 Å². The average Bonchev–Trinajstić information content (AvgIpc) is 2.39. The molecule has 112 valence electrons. The molecule has 0 heterocycles. The van der Waals surface area contributed by atoms with E-state index in [1.54, 1.807) is 0 Å². The van der Waals surface area contributed by atoms with E-state index in [2.05, 4.69) is 4.74 Å². The second-order valence-corrected chi connectivity index (χ2v) is 4.35. The van der Waals surface area contributed by atoms with Gasteiger partial charge >= 0.3 is 5.97 Å². The Hall–Kier alpha value is -1.56. The van der Waals surface area contributed by atoms with Crippen LogP contribution in [0.5, 0.6) is 0 Å². The second kappa shape index (κ2) is 6.74. The Morgan fingerprint density at radius 1 is 1.30 bits per heavy atom. The van der Waals surface area contributed by atoms with Crippen molar-refractivity contribution in [1.82, 2.24) is 0 Å². The lowest BCUT2D eigenvalue weighted by Gasteiger charge is -2.33. The van der Waals surface area contributed by atoms with Crippen LogP contribution in [0.4, 0.5) is 13.2 Å². The molecule has 1 N–H and O–H groups in total. The van der Waals surface area contributed by atoms with Crippen molar-refractivity contribution in [2.24, 2.45) is 5.92 Å². The number of rotatable bonds is 6. The summed E-state index contributed by atoms with van der Waals surface area (Å²) in [6, 6.07) is 4.47. The van der Waals surface area contributed by atoms with Crippen molar-refractivity contribution in [2.75, 3.05) is 6.61 Å². The Bertz CT molecular complexity index is 447. The Labute approximate surface area is 115 Å². The molecule has 0 amide bonds. The molecule has 6 heteroatoms. The quantitative estimate of drug-likeness (QED) is 0.819. The Morgan fingerprint density at radius 2 is 1.85 bits per heavy atom. The molecule has 0 fully saturated rings. The van der Waals surface area contributed by atoms with Gasteiger partial charge in [-0.3, -0.25) is 4.79 Å². The Kier molecular flexibility index (Phi) is 5.56. The highest BCUT2D eigenvalue weighted by atomic mass is 19.3. The third-order valence-corrected chi connectivity index (χ3v) is 3.19. The molecule has 0 aliphatic carbocycles. The minimum Gasteiger partial charge on any atom is -0.466 e. The first-order valence-corrected chi connectivity index (χ1v) is 6.30. The van der Waals surface area contributed by atoms with Crippen LogP contribution in [0.1, 0.15) is 25.8 Å². The Balaban J connectivity index is 3.23. The van der Waals surface area contributed by atoms with Crippen molar-refractivity contribution in [1.29, 1.82) is 0 Å². The number of hydrogen-bond donors (Lipinski definition) is 1. The summed E-state index contributed by atoms with van der Waals surface area (Å²) in [6.07, 6.45) is -3.23. The molecule has 0 aliphatic heterocycles. The second-order valence-electron chi connectivity index (χ2n) is 4.35. The number of benzene rings is 1. The maximum Gasteiger partial charge on any atom is 0.318 e. The summed E-state index contributed by atoms with van der Waals surface area (Å²) < 4.78 is 43.9. The summed E-state index contributed by atoms with van der Waals surface area (Å²) in [6.45, 7) is 2.90. The van der Waals surface area contributed by atoms with Gasteiger partial charge in [-0.15, -0.1) is 0 Å². The van der Waals surface area contributed by atoms with E-state index in [4.69, 9.17) is 0 Å². The number of carbonyl (C=O) groups excluding carboxylic acids is 1. The highest BCUT2D eigenvalue weighted by Gasteiger charge is 2.48. The van der Waals surface area contributed by atoms with Crippen LogP contribution in [0.15, 0.2) is 24.3 Å². The van der Waals surface area contributed by atoms with E-state index in [0.717, 1.165) is 12.1 Å². The fraction of sp³-hybridized carbons (Fsp3) is 0.500. The van der Waals surface area contributed by atoms with Gasteiger partial charge in [-0.2, -0.15) is 0 Å². The molecule has 3 nitrogen and oxygen atoms in total. The summed E-state index contributed by atoms with van der Waals surface area (Å²) in [7, 11) is 0. The molecule has 1 aromatic rings. The van der Waals surface area contributed by atoms with Gasteiger partial charge in [0.25, 0.3) is 6.43 Å². The average molecular weight is 290 g/mol. The molecule has 0 aromatic heterocycles. The van der Waals surface area contributed by atoms with Crippen molar-refractivity contribution in [2.45, 2.75) is 32.3 Å². The topological polar surface area (TPSA) is 46.5 Å². The van der Waals surface area contributed by atoms with Crippen molar-refractivity contribution < 1.29 is 27.8 Å². The van der Waals surface area contributed by atoms with Crippen LogP contribution in [0.2, 0.25) is 0 Å². The first kappa shape index (κ1) is 16.5. The lowest BCUT2D eigenvalue weighted by molar-refractivity contribution is -0.172. The van der Waals surface area contributed by atoms with Gasteiger partial charge < -0.3 is 9.84 Å². The van der Waals surface area contributed by atoms with E-state index < -0.39 is 29.7 Å². The van der Waals surface area contributed by atoms with E-state index >= 15 is 0 Å². The van der Waals surface area contributed by atoms with Crippen LogP contribution in [0, 0.1) is 11.7 Å². The number of carbonyl (C=O) groups is 1. The number of halogens is 3. The van der Waals surface area contributed by atoms with Gasteiger partial charge in [0.15, 0.2) is 5.92 Å². The minimum atomic E-state index is -3.09. The fourth-order valence-electron chi connectivity index (χ4n) is 2.08. The molecule has 0 spiro atoms. The molecule has 1 aromatic carbocycles. The molecule has 0 saturated carbocycles. The zero-order valence-corrected chi connectivity index (χ0v) is 11.3. The summed E-state index contributed by atoms with van der Waals surface area (Å²) >= 11 is 0. The van der Waals surface area contributed by atoms with Crippen LogP contribution in [-0.4, -0.2) is 24.1 Å². The normalized spacial score (nSPS) is 15.8. The van der Waals surface area contributed by atoms with E-state index in [-0.39, 0.29) is 18.6 Å². The molecule has 2 unspecified atom stereocenters. The van der Waals surface area contributed by atoms with Gasteiger partial charge in [-0.25, -0.2) is 13.2 Å². The molecule has 20 heavy (non-hydrogen) atoms. The van der Waals surface area contributed by atoms with Crippen molar-refractivity contribution in [3.05, 3.63) is 35.6 Å². The molecular weight excluding hydrogens is 273 g/mol. The molecule has 0 saturated heterocycles. The fourth-order valence-corrected chi connectivity index (χ4v) is 2.08.